The van der Waals surface area contributed by atoms with E-state index in [1.807, 2.05) is 6.07 Å². The van der Waals surface area contributed by atoms with Gasteiger partial charge in [-0.25, -0.2) is 0 Å². The number of nitrogen functional groups attached to an aromatic ring is 1. The van der Waals surface area contributed by atoms with Gasteiger partial charge in [-0.1, -0.05) is 15.9 Å². The molecule has 21 heavy (non-hydrogen) atoms. The molecule has 5 nitrogen and oxygen atoms in total. The van der Waals surface area contributed by atoms with Crippen molar-refractivity contribution in [3.8, 4) is 11.8 Å². The van der Waals surface area contributed by atoms with Gasteiger partial charge in [-0.15, -0.1) is 0 Å². The monoisotopic (exact) mass is 345 g/mol. The zero-order chi connectivity index (χ0) is 15.4. The maximum Gasteiger partial charge on any atom is 0.257 e. The van der Waals surface area contributed by atoms with Crippen LogP contribution in [0.2, 0.25) is 0 Å². The molecule has 1 amide bonds. The van der Waals surface area contributed by atoms with Crippen molar-refractivity contribution < 1.29 is 9.53 Å². The second kappa shape index (κ2) is 6.29. The fraction of sp³-hybridized carbons (Fsp3) is 0.0667. The molecule has 0 bridgehead atoms. The summed E-state index contributed by atoms with van der Waals surface area (Å²) in [6.45, 7) is 0. The zero-order valence-electron chi connectivity index (χ0n) is 11.2. The summed E-state index contributed by atoms with van der Waals surface area (Å²) < 4.78 is 5.84. The van der Waals surface area contributed by atoms with Crippen molar-refractivity contribution >= 4 is 33.2 Å². The quantitative estimate of drug-likeness (QED) is 0.836. The number of benzene rings is 2. The van der Waals surface area contributed by atoms with E-state index in [4.69, 9.17) is 15.7 Å². The first-order valence-corrected chi connectivity index (χ1v) is 6.79. The average Bonchev–Trinajstić information content (AvgIpc) is 2.49. The highest BCUT2D eigenvalue weighted by atomic mass is 79.9. The number of methoxy groups -OCH3 is 1. The van der Waals surface area contributed by atoms with E-state index in [1.165, 1.54) is 7.11 Å². The lowest BCUT2D eigenvalue weighted by molar-refractivity contribution is 0.102. The number of nitrogens with one attached hydrogen (secondary N) is 1. The average molecular weight is 346 g/mol. The SMILES string of the molecule is COc1ccc(N)c(C(=O)Nc2ccc(Br)cc2C#N)c1. The van der Waals surface area contributed by atoms with Crippen LogP contribution in [0.1, 0.15) is 15.9 Å². The summed E-state index contributed by atoms with van der Waals surface area (Å²) in [4.78, 5) is 12.3. The van der Waals surface area contributed by atoms with Crippen LogP contribution >= 0.6 is 15.9 Å². The van der Waals surface area contributed by atoms with Gasteiger partial charge in [0.1, 0.15) is 11.8 Å². The Bertz CT molecular complexity index is 738. The summed E-state index contributed by atoms with van der Waals surface area (Å²) in [5.74, 6) is 0.135. The first kappa shape index (κ1) is 14.9. The predicted molar refractivity (Wildman–Crippen MR) is 84.2 cm³/mol. The van der Waals surface area contributed by atoms with Gasteiger partial charge in [-0.2, -0.15) is 5.26 Å². The molecule has 0 unspecified atom stereocenters. The molecular formula is C15H12BrN3O2. The lowest BCUT2D eigenvalue weighted by Gasteiger charge is -2.10. The van der Waals surface area contributed by atoms with E-state index in [1.54, 1.807) is 36.4 Å². The molecule has 0 fully saturated rings. The van der Waals surface area contributed by atoms with Gasteiger partial charge in [0.15, 0.2) is 0 Å². The smallest absolute Gasteiger partial charge is 0.257 e. The second-order valence-corrected chi connectivity index (χ2v) is 5.12. The molecule has 2 aromatic carbocycles. The van der Waals surface area contributed by atoms with Gasteiger partial charge in [-0.05, 0) is 36.4 Å². The molecule has 0 radical (unpaired) electrons. The van der Waals surface area contributed by atoms with E-state index in [2.05, 4.69) is 21.2 Å². The van der Waals surface area contributed by atoms with E-state index in [0.717, 1.165) is 4.47 Å². The number of nitrogens with zero attached hydrogens (tertiary/aromatic N) is 1. The molecule has 0 aliphatic rings. The van der Waals surface area contributed by atoms with Crippen LogP contribution in [0.15, 0.2) is 40.9 Å². The van der Waals surface area contributed by atoms with Gasteiger partial charge in [0.25, 0.3) is 5.91 Å². The Kier molecular flexibility index (Phi) is 4.45. The molecule has 0 atom stereocenters. The van der Waals surface area contributed by atoms with E-state index in [-0.39, 0.29) is 0 Å². The Hall–Kier alpha value is -2.52. The number of nitrogens with two attached hydrogens (primary N) is 1. The largest absolute Gasteiger partial charge is 0.497 e. The number of rotatable bonds is 3. The van der Waals surface area contributed by atoms with Gasteiger partial charge in [0, 0.05) is 10.2 Å². The van der Waals surface area contributed by atoms with Gasteiger partial charge in [0.05, 0.1) is 23.9 Å². The number of halogens is 1. The molecular weight excluding hydrogens is 334 g/mol. The fourth-order valence-electron chi connectivity index (χ4n) is 1.77. The summed E-state index contributed by atoms with van der Waals surface area (Å²) in [7, 11) is 1.51. The minimum atomic E-state index is -0.398. The molecule has 0 spiro atoms. The summed E-state index contributed by atoms with van der Waals surface area (Å²) in [6.07, 6.45) is 0. The van der Waals surface area contributed by atoms with Crippen molar-refractivity contribution in [3.05, 3.63) is 52.0 Å². The summed E-state index contributed by atoms with van der Waals surface area (Å²) >= 11 is 3.28. The number of carbonyl (C=O) groups is 1. The molecule has 0 saturated heterocycles. The first-order chi connectivity index (χ1) is 10.0. The van der Waals surface area contributed by atoms with Gasteiger partial charge >= 0.3 is 0 Å². The van der Waals surface area contributed by atoms with Crippen LogP contribution in [0.3, 0.4) is 0 Å². The van der Waals surface area contributed by atoms with Crippen molar-refractivity contribution in [3.63, 3.8) is 0 Å². The van der Waals surface area contributed by atoms with E-state index < -0.39 is 5.91 Å². The lowest BCUT2D eigenvalue weighted by atomic mass is 10.1. The topological polar surface area (TPSA) is 88.1 Å². The van der Waals surface area contributed by atoms with Crippen molar-refractivity contribution in [1.29, 1.82) is 5.26 Å². The molecule has 106 valence electrons. The van der Waals surface area contributed by atoms with E-state index in [9.17, 15) is 4.79 Å². The normalized spacial score (nSPS) is 9.76. The van der Waals surface area contributed by atoms with Crippen molar-refractivity contribution in [2.45, 2.75) is 0 Å². The van der Waals surface area contributed by atoms with E-state index >= 15 is 0 Å². The van der Waals surface area contributed by atoms with Crippen LogP contribution in [-0.4, -0.2) is 13.0 Å². The van der Waals surface area contributed by atoms with E-state index in [0.29, 0.717) is 28.3 Å². The molecule has 0 heterocycles. The van der Waals surface area contributed by atoms with Crippen molar-refractivity contribution in [2.75, 3.05) is 18.2 Å². The minimum absolute atomic E-state index is 0.293. The summed E-state index contributed by atoms with van der Waals surface area (Å²) in [5.41, 5.74) is 7.22. The van der Waals surface area contributed by atoms with Crippen LogP contribution in [0, 0.1) is 11.3 Å². The number of hydrogen-bond donors (Lipinski definition) is 2. The van der Waals surface area contributed by atoms with Crippen LogP contribution in [0.25, 0.3) is 0 Å². The Labute approximate surface area is 130 Å². The highest BCUT2D eigenvalue weighted by Crippen LogP contribution is 2.24. The standard InChI is InChI=1S/C15H12BrN3O2/c1-21-11-3-4-13(18)12(7-11)15(20)19-14-5-2-10(16)6-9(14)8-17/h2-7H,18H2,1H3,(H,19,20). The number of ether oxygens (including phenoxy) is 1. The molecule has 0 aromatic heterocycles. The third-order valence-corrected chi connectivity index (χ3v) is 3.35. The Morgan fingerprint density at radius 1 is 1.33 bits per heavy atom. The molecule has 0 aliphatic heterocycles. The van der Waals surface area contributed by atoms with Gasteiger partial charge in [-0.3, -0.25) is 4.79 Å². The van der Waals surface area contributed by atoms with Crippen LogP contribution in [-0.2, 0) is 0 Å². The van der Waals surface area contributed by atoms with Crippen LogP contribution < -0.4 is 15.8 Å². The van der Waals surface area contributed by atoms with Gasteiger partial charge < -0.3 is 15.8 Å². The molecule has 2 rings (SSSR count). The molecule has 0 saturated carbocycles. The highest BCUT2D eigenvalue weighted by Gasteiger charge is 2.13. The fourth-order valence-corrected chi connectivity index (χ4v) is 2.13. The molecule has 0 aliphatic carbocycles. The third-order valence-electron chi connectivity index (χ3n) is 2.86. The Balaban J connectivity index is 2.33. The summed E-state index contributed by atoms with van der Waals surface area (Å²) in [6, 6.07) is 11.9. The molecule has 6 heteroatoms. The maximum absolute atomic E-state index is 12.3. The first-order valence-electron chi connectivity index (χ1n) is 5.99. The van der Waals surface area contributed by atoms with Crippen LogP contribution in [0.4, 0.5) is 11.4 Å². The van der Waals surface area contributed by atoms with Crippen molar-refractivity contribution in [1.82, 2.24) is 0 Å². The third kappa shape index (κ3) is 3.33. The Morgan fingerprint density at radius 2 is 2.10 bits per heavy atom. The maximum atomic E-state index is 12.3. The number of hydrogen-bond acceptors (Lipinski definition) is 4. The number of amides is 1. The highest BCUT2D eigenvalue weighted by molar-refractivity contribution is 9.10. The molecule has 2 aromatic rings. The van der Waals surface area contributed by atoms with Crippen molar-refractivity contribution in [2.24, 2.45) is 0 Å². The molecule has 3 N–H and O–H groups in total. The number of carbonyl (C=O) groups excluding carboxylic acids is 1. The lowest BCUT2D eigenvalue weighted by Crippen LogP contribution is -2.15. The number of nitriles is 1. The summed E-state index contributed by atoms with van der Waals surface area (Å²) in [5, 5.41) is 11.8. The van der Waals surface area contributed by atoms with Crippen LogP contribution in [0.5, 0.6) is 5.75 Å². The minimum Gasteiger partial charge on any atom is -0.497 e. The predicted octanol–water partition coefficient (Wildman–Crippen LogP) is 3.16. The van der Waals surface area contributed by atoms with Gasteiger partial charge in [0.2, 0.25) is 0 Å². The number of anilines is 2. The second-order valence-electron chi connectivity index (χ2n) is 4.21. The zero-order valence-corrected chi connectivity index (χ0v) is 12.8. The Morgan fingerprint density at radius 3 is 2.76 bits per heavy atom.